The third kappa shape index (κ3) is 4.06. The molecule has 12 rings (SSSR count). The van der Waals surface area contributed by atoms with Gasteiger partial charge >= 0.3 is 0 Å². The minimum Gasteiger partial charge on any atom is -0.327 e. The van der Waals surface area contributed by atoms with E-state index >= 15 is 0 Å². The summed E-state index contributed by atoms with van der Waals surface area (Å²) in [4.78, 5) is 7.68. The number of nitrogens with zero attached hydrogens (tertiary/aromatic N) is 5. The molecule has 1 aliphatic heterocycles. The Morgan fingerprint density at radius 2 is 0.893 bits per heavy atom. The number of fused-ring (bicyclic) bond motifs is 11. The van der Waals surface area contributed by atoms with Gasteiger partial charge < -0.3 is 14.0 Å². The number of para-hydroxylation sites is 5. The zero-order valence-electron chi connectivity index (χ0n) is 30.7. The van der Waals surface area contributed by atoms with E-state index < -0.39 is 5.54 Å². The Kier molecular flexibility index (Phi) is 6.41. The molecule has 3 aromatic heterocycles. The van der Waals surface area contributed by atoms with E-state index in [0.29, 0.717) is 0 Å². The second-order valence-corrected chi connectivity index (χ2v) is 14.9. The fourth-order valence-electron chi connectivity index (χ4n) is 9.74. The van der Waals surface area contributed by atoms with Gasteiger partial charge in [-0.15, -0.1) is 0 Å². The molecule has 8 aromatic carbocycles. The Hall–Kier alpha value is -7.37. The van der Waals surface area contributed by atoms with Crippen molar-refractivity contribution in [3.05, 3.63) is 211 Å². The number of rotatable bonds is 4. The van der Waals surface area contributed by atoms with Crippen LogP contribution < -0.4 is 4.90 Å². The van der Waals surface area contributed by atoms with Crippen LogP contribution in [0, 0.1) is 0 Å². The molecule has 1 aliphatic rings. The first-order valence-electron chi connectivity index (χ1n) is 19.2. The van der Waals surface area contributed by atoms with E-state index in [1.165, 1.54) is 60.3 Å². The van der Waals surface area contributed by atoms with E-state index in [1.807, 2.05) is 0 Å². The number of anilines is 1. The molecule has 4 heterocycles. The van der Waals surface area contributed by atoms with Crippen molar-refractivity contribution in [2.24, 2.45) is 0 Å². The van der Waals surface area contributed by atoms with Gasteiger partial charge in [0.25, 0.3) is 0 Å². The van der Waals surface area contributed by atoms with E-state index in [0.717, 1.165) is 34.0 Å². The van der Waals surface area contributed by atoms with E-state index in [2.05, 4.69) is 220 Å². The molecule has 0 unspecified atom stereocenters. The van der Waals surface area contributed by atoms with Gasteiger partial charge in [0.05, 0.1) is 38.8 Å². The second-order valence-electron chi connectivity index (χ2n) is 14.9. The van der Waals surface area contributed by atoms with Crippen LogP contribution in [0.1, 0.15) is 16.7 Å². The van der Waals surface area contributed by atoms with Crippen LogP contribution in [-0.2, 0) is 5.54 Å². The summed E-state index contributed by atoms with van der Waals surface area (Å²) in [5, 5.41) is 4.92. The van der Waals surface area contributed by atoms with Gasteiger partial charge in [-0.3, -0.25) is 4.57 Å². The van der Waals surface area contributed by atoms with Gasteiger partial charge in [0.1, 0.15) is 5.54 Å². The van der Waals surface area contributed by atoms with Crippen LogP contribution in [0.5, 0.6) is 0 Å². The molecule has 0 spiro atoms. The molecule has 0 aliphatic carbocycles. The highest BCUT2D eigenvalue weighted by molar-refractivity contribution is 6.19. The molecular weight excluding hydrogens is 683 g/mol. The maximum Gasteiger partial charge on any atom is 0.212 e. The summed E-state index contributed by atoms with van der Waals surface area (Å²) in [7, 11) is 2.20. The smallest absolute Gasteiger partial charge is 0.212 e. The SMILES string of the molecule is CN1c2nc3ccccc3n2-c2ccc(-n3c4ccccc4c4cc5c(cc43)c3ccccc3n5-c3ccccc3)cc2C1(c1ccccc1)c1ccccc1. The lowest BCUT2D eigenvalue weighted by Gasteiger charge is -2.48. The molecule has 0 bridgehead atoms. The lowest BCUT2D eigenvalue weighted by molar-refractivity contribution is 0.564. The van der Waals surface area contributed by atoms with Gasteiger partial charge in [-0.2, -0.15) is 0 Å². The molecule has 0 radical (unpaired) electrons. The van der Waals surface area contributed by atoms with Gasteiger partial charge in [-0.1, -0.05) is 127 Å². The zero-order valence-corrected chi connectivity index (χ0v) is 30.7. The lowest BCUT2D eigenvalue weighted by Crippen LogP contribution is -2.50. The minimum absolute atomic E-state index is 0.680. The maximum absolute atomic E-state index is 5.29. The topological polar surface area (TPSA) is 30.9 Å². The summed E-state index contributed by atoms with van der Waals surface area (Å²) in [6.07, 6.45) is 0. The summed E-state index contributed by atoms with van der Waals surface area (Å²) in [5.74, 6) is 0.910. The fourth-order valence-corrected chi connectivity index (χ4v) is 9.74. The first kappa shape index (κ1) is 31.0. The first-order chi connectivity index (χ1) is 27.7. The molecule has 264 valence electrons. The minimum atomic E-state index is -0.680. The molecule has 0 amide bonds. The summed E-state index contributed by atoms with van der Waals surface area (Å²) in [6, 6.07) is 70.6. The Morgan fingerprint density at radius 1 is 0.393 bits per heavy atom. The highest BCUT2D eigenvalue weighted by atomic mass is 15.4. The van der Waals surface area contributed by atoms with Gasteiger partial charge in [-0.25, -0.2) is 4.98 Å². The Bertz CT molecular complexity index is 3280. The van der Waals surface area contributed by atoms with Crippen molar-refractivity contribution >= 4 is 60.6 Å². The Labute approximate surface area is 323 Å². The van der Waals surface area contributed by atoms with Crippen molar-refractivity contribution in [1.29, 1.82) is 0 Å². The number of hydrogen-bond donors (Lipinski definition) is 0. The summed E-state index contributed by atoms with van der Waals surface area (Å²) in [6.45, 7) is 0. The average Bonchev–Trinajstić information content (AvgIpc) is 3.92. The average molecular weight is 718 g/mol. The van der Waals surface area contributed by atoms with E-state index in [1.54, 1.807) is 0 Å². The first-order valence-corrected chi connectivity index (χ1v) is 19.2. The van der Waals surface area contributed by atoms with Gasteiger partial charge in [0.15, 0.2) is 0 Å². The molecule has 0 atom stereocenters. The molecule has 0 saturated heterocycles. The molecule has 0 fully saturated rings. The van der Waals surface area contributed by atoms with Crippen molar-refractivity contribution in [2.45, 2.75) is 5.54 Å². The van der Waals surface area contributed by atoms with Crippen LogP contribution in [0.15, 0.2) is 194 Å². The molecule has 11 aromatic rings. The summed E-state index contributed by atoms with van der Waals surface area (Å²) in [5.41, 5.74) is 13.1. The molecule has 5 nitrogen and oxygen atoms in total. The van der Waals surface area contributed by atoms with E-state index in [-0.39, 0.29) is 0 Å². The van der Waals surface area contributed by atoms with Crippen molar-refractivity contribution < 1.29 is 0 Å². The van der Waals surface area contributed by atoms with Crippen LogP contribution >= 0.6 is 0 Å². The summed E-state index contributed by atoms with van der Waals surface area (Å²) < 4.78 is 7.22. The Balaban J connectivity index is 1.21. The monoisotopic (exact) mass is 717 g/mol. The third-order valence-electron chi connectivity index (χ3n) is 12.1. The van der Waals surface area contributed by atoms with Gasteiger partial charge in [0.2, 0.25) is 5.95 Å². The number of hydrogen-bond acceptors (Lipinski definition) is 2. The highest BCUT2D eigenvalue weighted by Crippen LogP contribution is 2.51. The normalized spacial score (nSPS) is 13.6. The van der Waals surface area contributed by atoms with Crippen LogP contribution in [0.25, 0.3) is 71.7 Å². The van der Waals surface area contributed by atoms with Crippen LogP contribution in [-0.4, -0.2) is 25.7 Å². The number of imidazole rings is 1. The molecule has 56 heavy (non-hydrogen) atoms. The largest absolute Gasteiger partial charge is 0.327 e. The van der Waals surface area contributed by atoms with E-state index in [4.69, 9.17) is 4.98 Å². The van der Waals surface area contributed by atoms with Gasteiger partial charge in [-0.05, 0) is 77.9 Å². The van der Waals surface area contributed by atoms with Crippen LogP contribution in [0.3, 0.4) is 0 Å². The lowest BCUT2D eigenvalue weighted by atomic mass is 9.74. The number of benzene rings is 8. The van der Waals surface area contributed by atoms with Crippen molar-refractivity contribution in [1.82, 2.24) is 18.7 Å². The molecular formula is C51H35N5. The van der Waals surface area contributed by atoms with E-state index in [9.17, 15) is 0 Å². The summed E-state index contributed by atoms with van der Waals surface area (Å²) >= 11 is 0. The number of aromatic nitrogens is 4. The Morgan fingerprint density at radius 3 is 1.50 bits per heavy atom. The third-order valence-corrected chi connectivity index (χ3v) is 12.1. The standard InChI is InChI=1S/C51H35N5/c1-53-50-52-43-25-13-16-28-47(43)56(50)46-30-29-37(31-42(46)51(53,34-17-5-2-6-18-34)35-19-7-3-8-20-35)55-45-27-15-12-24-39(45)41-32-48-40(33-49(41)55)38-23-11-14-26-44(38)54(48)36-21-9-4-10-22-36/h2-33H,1H3. The van der Waals surface area contributed by atoms with Crippen molar-refractivity contribution in [3.63, 3.8) is 0 Å². The van der Waals surface area contributed by atoms with Crippen molar-refractivity contribution in [3.8, 4) is 17.1 Å². The molecule has 5 heteroatoms. The van der Waals surface area contributed by atoms with Crippen molar-refractivity contribution in [2.75, 3.05) is 11.9 Å². The van der Waals surface area contributed by atoms with Crippen LogP contribution in [0.4, 0.5) is 5.95 Å². The predicted molar refractivity (Wildman–Crippen MR) is 231 cm³/mol. The molecule has 0 N–H and O–H groups in total. The molecule has 0 saturated carbocycles. The van der Waals surface area contributed by atoms with Crippen LogP contribution in [0.2, 0.25) is 0 Å². The predicted octanol–water partition coefficient (Wildman–Crippen LogP) is 12.0. The highest BCUT2D eigenvalue weighted by Gasteiger charge is 2.47. The second kappa shape index (κ2) is 11.6. The quantitative estimate of drug-likeness (QED) is 0.181. The zero-order chi connectivity index (χ0) is 37.0. The fraction of sp³-hybridized carbons (Fsp3) is 0.0392. The maximum atomic E-state index is 5.29. The van der Waals surface area contributed by atoms with Gasteiger partial charge in [0, 0.05) is 45.5 Å².